The Morgan fingerprint density at radius 1 is 1.69 bits per heavy atom. The molecular formula is C11H13ClN2O2. The van der Waals surface area contributed by atoms with Gasteiger partial charge in [0.2, 0.25) is 0 Å². The molecule has 5 heteroatoms. The minimum absolute atomic E-state index is 0.200. The van der Waals surface area contributed by atoms with Gasteiger partial charge in [-0.25, -0.2) is 4.79 Å². The molecular weight excluding hydrogens is 228 g/mol. The maximum atomic E-state index is 11.7. The highest BCUT2D eigenvalue weighted by Gasteiger charge is 2.47. The van der Waals surface area contributed by atoms with E-state index in [2.05, 4.69) is 4.99 Å². The fourth-order valence-electron chi connectivity index (χ4n) is 1.91. The maximum absolute atomic E-state index is 11.7. The minimum atomic E-state index is -1.42. The van der Waals surface area contributed by atoms with E-state index in [9.17, 15) is 4.79 Å². The molecule has 0 fully saturated rings. The molecule has 2 heterocycles. The first-order chi connectivity index (χ1) is 7.50. The van der Waals surface area contributed by atoms with Gasteiger partial charge in [-0.05, 0) is 13.0 Å². The Kier molecular flexibility index (Phi) is 2.54. The molecule has 0 bridgehead atoms. The standard InChI is InChI=1S/C11H13ClN2O2/c1-7-6-8-9(14(7)2)4-5-13-11(8,12)10(15)16-3/h4-7H,1-3H3. The van der Waals surface area contributed by atoms with Crippen molar-refractivity contribution in [2.24, 2.45) is 4.99 Å². The lowest BCUT2D eigenvalue weighted by Gasteiger charge is -2.27. The number of likely N-dealkylation sites (N-methyl/N-ethyl adjacent to an activating group) is 1. The van der Waals surface area contributed by atoms with Gasteiger partial charge in [0.05, 0.1) is 7.11 Å². The number of carbonyl (C=O) groups excluding carboxylic acids is 1. The van der Waals surface area contributed by atoms with E-state index in [1.54, 1.807) is 6.21 Å². The average Bonchev–Trinajstić information content (AvgIpc) is 2.57. The highest BCUT2D eigenvalue weighted by atomic mass is 35.5. The molecule has 0 aromatic heterocycles. The molecule has 0 radical (unpaired) electrons. The van der Waals surface area contributed by atoms with Crippen LogP contribution in [-0.2, 0) is 9.53 Å². The summed E-state index contributed by atoms with van der Waals surface area (Å²) in [6.07, 6.45) is 5.33. The molecule has 0 amide bonds. The van der Waals surface area contributed by atoms with Crippen molar-refractivity contribution in [3.8, 4) is 0 Å². The summed E-state index contributed by atoms with van der Waals surface area (Å²) in [6.45, 7) is 2.03. The van der Waals surface area contributed by atoms with Gasteiger partial charge in [0.25, 0.3) is 5.00 Å². The topological polar surface area (TPSA) is 41.9 Å². The highest BCUT2D eigenvalue weighted by molar-refractivity contribution is 6.37. The van der Waals surface area contributed by atoms with E-state index in [0.29, 0.717) is 5.57 Å². The van der Waals surface area contributed by atoms with Crippen LogP contribution >= 0.6 is 11.6 Å². The van der Waals surface area contributed by atoms with E-state index in [1.807, 2.05) is 31.0 Å². The van der Waals surface area contributed by atoms with Crippen molar-refractivity contribution in [1.82, 2.24) is 4.90 Å². The van der Waals surface area contributed by atoms with E-state index in [1.165, 1.54) is 7.11 Å². The third-order valence-corrected chi connectivity index (χ3v) is 3.43. The number of dihydropyridines is 1. The van der Waals surface area contributed by atoms with Crippen LogP contribution in [0.1, 0.15) is 6.92 Å². The van der Waals surface area contributed by atoms with Crippen molar-refractivity contribution in [1.29, 1.82) is 0 Å². The number of alkyl halides is 1. The van der Waals surface area contributed by atoms with Crippen molar-refractivity contribution in [2.45, 2.75) is 18.0 Å². The summed E-state index contributed by atoms with van der Waals surface area (Å²) < 4.78 is 4.70. The highest BCUT2D eigenvalue weighted by Crippen LogP contribution is 2.41. The Morgan fingerprint density at radius 3 is 3.00 bits per heavy atom. The van der Waals surface area contributed by atoms with E-state index in [0.717, 1.165) is 5.70 Å². The first kappa shape index (κ1) is 11.2. The van der Waals surface area contributed by atoms with Gasteiger partial charge in [-0.3, -0.25) is 4.99 Å². The molecule has 2 aliphatic rings. The van der Waals surface area contributed by atoms with Gasteiger partial charge in [-0.2, -0.15) is 0 Å². The zero-order chi connectivity index (χ0) is 11.9. The molecule has 86 valence electrons. The van der Waals surface area contributed by atoms with E-state index < -0.39 is 11.0 Å². The van der Waals surface area contributed by atoms with Crippen molar-refractivity contribution in [3.63, 3.8) is 0 Å². The predicted octanol–water partition coefficient (Wildman–Crippen LogP) is 1.32. The largest absolute Gasteiger partial charge is 0.466 e. The molecule has 0 aromatic rings. The normalized spacial score (nSPS) is 32.0. The fourth-order valence-corrected chi connectivity index (χ4v) is 2.21. The van der Waals surface area contributed by atoms with E-state index in [4.69, 9.17) is 16.3 Å². The summed E-state index contributed by atoms with van der Waals surface area (Å²) >= 11 is 6.25. The Labute approximate surface area is 99.2 Å². The van der Waals surface area contributed by atoms with Gasteiger partial charge in [0.15, 0.2) is 0 Å². The summed E-state index contributed by atoms with van der Waals surface area (Å²) in [7, 11) is 3.26. The Morgan fingerprint density at radius 2 is 2.38 bits per heavy atom. The summed E-state index contributed by atoms with van der Waals surface area (Å²) in [6, 6.07) is 0.200. The third-order valence-electron chi connectivity index (χ3n) is 2.97. The maximum Gasteiger partial charge on any atom is 0.354 e. The number of rotatable bonds is 1. The fraction of sp³-hybridized carbons (Fsp3) is 0.455. The van der Waals surface area contributed by atoms with Gasteiger partial charge >= 0.3 is 5.97 Å². The number of hydrogen-bond acceptors (Lipinski definition) is 4. The van der Waals surface area contributed by atoms with E-state index in [-0.39, 0.29) is 6.04 Å². The molecule has 2 atom stereocenters. The summed E-state index contributed by atoms with van der Waals surface area (Å²) in [4.78, 5) is 16.4. The smallest absolute Gasteiger partial charge is 0.354 e. The second kappa shape index (κ2) is 3.63. The van der Waals surface area contributed by atoms with Crippen LogP contribution in [0.4, 0.5) is 0 Å². The predicted molar refractivity (Wildman–Crippen MR) is 62.5 cm³/mol. The minimum Gasteiger partial charge on any atom is -0.466 e. The molecule has 2 rings (SSSR count). The van der Waals surface area contributed by atoms with Crippen molar-refractivity contribution in [3.05, 3.63) is 23.4 Å². The van der Waals surface area contributed by atoms with Gasteiger partial charge in [-0.1, -0.05) is 17.7 Å². The summed E-state index contributed by atoms with van der Waals surface area (Å²) in [5, 5.41) is 0. The second-order valence-corrected chi connectivity index (χ2v) is 4.42. The van der Waals surface area contributed by atoms with Gasteiger partial charge in [-0.15, -0.1) is 0 Å². The van der Waals surface area contributed by atoms with Crippen LogP contribution in [0.25, 0.3) is 0 Å². The van der Waals surface area contributed by atoms with Crippen LogP contribution in [0.2, 0.25) is 0 Å². The number of allylic oxidation sites excluding steroid dienone is 1. The lowest BCUT2D eigenvalue weighted by atomic mass is 10.0. The molecule has 0 saturated carbocycles. The SMILES string of the molecule is COC(=O)C1(Cl)N=CC=C2C1=CC(C)N2C. The van der Waals surface area contributed by atoms with Crippen molar-refractivity contribution < 1.29 is 9.53 Å². The Bertz CT molecular complexity index is 428. The van der Waals surface area contributed by atoms with Gasteiger partial charge in [0.1, 0.15) is 0 Å². The second-order valence-electron chi connectivity index (χ2n) is 3.88. The number of hydrogen-bond donors (Lipinski definition) is 0. The zero-order valence-electron chi connectivity index (χ0n) is 9.40. The van der Waals surface area contributed by atoms with Crippen LogP contribution in [0.3, 0.4) is 0 Å². The average molecular weight is 241 g/mol. The van der Waals surface area contributed by atoms with Crippen LogP contribution < -0.4 is 0 Å². The number of halogens is 1. The molecule has 0 saturated heterocycles. The molecule has 0 aromatic carbocycles. The molecule has 4 nitrogen and oxygen atoms in total. The number of ether oxygens (including phenoxy) is 1. The van der Waals surface area contributed by atoms with Crippen molar-refractivity contribution >= 4 is 23.8 Å². The molecule has 0 spiro atoms. The quantitative estimate of drug-likeness (QED) is 0.394. The monoisotopic (exact) mass is 240 g/mol. The van der Waals surface area contributed by atoms with E-state index >= 15 is 0 Å². The summed E-state index contributed by atoms with van der Waals surface area (Å²) in [5.41, 5.74) is 1.63. The van der Waals surface area contributed by atoms with Crippen LogP contribution in [0.15, 0.2) is 28.4 Å². The number of aliphatic imine (C=N–C) groups is 1. The number of esters is 1. The molecule has 2 unspecified atom stereocenters. The first-order valence-electron chi connectivity index (χ1n) is 4.99. The van der Waals surface area contributed by atoms with Crippen LogP contribution in [0, 0.1) is 0 Å². The number of nitrogens with zero attached hydrogens (tertiary/aromatic N) is 2. The molecule has 2 aliphatic heterocycles. The zero-order valence-corrected chi connectivity index (χ0v) is 10.2. The third kappa shape index (κ3) is 1.37. The molecule has 0 aliphatic carbocycles. The first-order valence-corrected chi connectivity index (χ1v) is 5.37. The molecule has 0 N–H and O–H groups in total. The Balaban J connectivity index is 2.47. The molecule has 16 heavy (non-hydrogen) atoms. The van der Waals surface area contributed by atoms with Gasteiger partial charge in [0, 0.05) is 30.6 Å². The number of fused-ring (bicyclic) bond motifs is 1. The number of methoxy groups -OCH3 is 1. The number of carbonyl (C=O) groups is 1. The van der Waals surface area contributed by atoms with Crippen molar-refractivity contribution in [2.75, 3.05) is 14.2 Å². The lowest BCUT2D eigenvalue weighted by Crippen LogP contribution is -2.37. The lowest BCUT2D eigenvalue weighted by molar-refractivity contribution is -0.142. The van der Waals surface area contributed by atoms with Gasteiger partial charge < -0.3 is 9.64 Å². The van der Waals surface area contributed by atoms with Crippen LogP contribution in [0.5, 0.6) is 0 Å². The Hall–Kier alpha value is -1.29. The van der Waals surface area contributed by atoms with Crippen LogP contribution in [-0.4, -0.2) is 42.3 Å². The summed E-state index contributed by atoms with van der Waals surface area (Å²) in [5.74, 6) is -0.551.